The van der Waals surface area contributed by atoms with Crippen molar-refractivity contribution in [3.8, 4) is 22.5 Å². The quantitative estimate of drug-likeness (QED) is 0.181. The topological polar surface area (TPSA) is 161 Å². The Morgan fingerprint density at radius 3 is 1.32 bits per heavy atom. The molecule has 6 rings (SSSR count). The van der Waals surface area contributed by atoms with Gasteiger partial charge >= 0.3 is 11.9 Å². The van der Waals surface area contributed by atoms with Gasteiger partial charge in [-0.3, -0.25) is 19.6 Å². The average molecular weight is 591 g/mol. The number of aromatic nitrogens is 4. The Morgan fingerprint density at radius 1 is 0.634 bits per heavy atom. The minimum Gasteiger partial charge on any atom is -0.481 e. The molecule has 4 heterocycles. The molecule has 0 saturated heterocycles. The summed E-state index contributed by atoms with van der Waals surface area (Å²) < 4.78 is 3.83. The van der Waals surface area contributed by atoms with E-state index in [0.29, 0.717) is 11.6 Å². The summed E-state index contributed by atoms with van der Waals surface area (Å²) in [6.07, 6.45) is 6.38. The lowest BCUT2D eigenvalue weighted by molar-refractivity contribution is -0.147. The molecule has 0 saturated carbocycles. The highest BCUT2D eigenvalue weighted by atomic mass is 35.5. The number of rotatable bonds is 4. The fourth-order valence-electron chi connectivity index (χ4n) is 3.92. The average Bonchev–Trinajstić information content (AvgIpc) is 3.52. The molecule has 0 amide bonds. The molecule has 0 aliphatic rings. The SMILES string of the molecule is Nc1ccc2c(-c3ccc(Cl)cc3)nccn12.Nc1ccc2c(-c3ccc(Cl)cc3)nccn12.O=C(O)CC(=O)O. The van der Waals surface area contributed by atoms with Gasteiger partial charge in [-0.1, -0.05) is 47.5 Å². The number of hydrogen-bond donors (Lipinski definition) is 4. The summed E-state index contributed by atoms with van der Waals surface area (Å²) in [5, 5.41) is 16.8. The van der Waals surface area contributed by atoms with E-state index in [2.05, 4.69) is 9.97 Å². The van der Waals surface area contributed by atoms with Gasteiger partial charge in [-0.2, -0.15) is 0 Å². The van der Waals surface area contributed by atoms with Crippen LogP contribution in [0.2, 0.25) is 10.0 Å². The van der Waals surface area contributed by atoms with E-state index >= 15 is 0 Å². The Labute approximate surface area is 244 Å². The maximum atomic E-state index is 9.43. The summed E-state index contributed by atoms with van der Waals surface area (Å²) in [7, 11) is 0. The number of halogens is 2. The van der Waals surface area contributed by atoms with Gasteiger partial charge in [0.2, 0.25) is 0 Å². The maximum absolute atomic E-state index is 9.43. The first-order chi connectivity index (χ1) is 19.6. The van der Waals surface area contributed by atoms with Gasteiger partial charge < -0.3 is 30.5 Å². The van der Waals surface area contributed by atoms with Crippen molar-refractivity contribution in [2.45, 2.75) is 6.42 Å². The Balaban J connectivity index is 0.000000155. The first-order valence-electron chi connectivity index (χ1n) is 12.0. The highest BCUT2D eigenvalue weighted by Gasteiger charge is 2.08. The van der Waals surface area contributed by atoms with Gasteiger partial charge in [0.15, 0.2) is 0 Å². The minimum absolute atomic E-state index is 0.706. The predicted molar refractivity (Wildman–Crippen MR) is 160 cm³/mol. The van der Waals surface area contributed by atoms with Gasteiger partial charge in [0, 0.05) is 46.0 Å². The number of hydrogen-bond acceptors (Lipinski definition) is 6. The zero-order valence-electron chi connectivity index (χ0n) is 21.4. The van der Waals surface area contributed by atoms with Gasteiger partial charge in [-0.25, -0.2) is 0 Å². The van der Waals surface area contributed by atoms with E-state index in [9.17, 15) is 9.59 Å². The molecule has 6 N–H and O–H groups in total. The van der Waals surface area contributed by atoms with Crippen molar-refractivity contribution in [3.05, 3.63) is 108 Å². The van der Waals surface area contributed by atoms with Crippen LogP contribution in [-0.2, 0) is 9.59 Å². The van der Waals surface area contributed by atoms with Crippen molar-refractivity contribution in [2.24, 2.45) is 0 Å². The highest BCUT2D eigenvalue weighted by molar-refractivity contribution is 6.31. The van der Waals surface area contributed by atoms with Crippen LogP contribution in [0.3, 0.4) is 0 Å². The number of carboxylic acid groups (broad SMARTS) is 2. The molecule has 0 radical (unpaired) electrons. The molecular formula is C29H24Cl2N6O4. The van der Waals surface area contributed by atoms with Crippen LogP contribution in [0.1, 0.15) is 6.42 Å². The lowest BCUT2D eigenvalue weighted by atomic mass is 10.1. The maximum Gasteiger partial charge on any atom is 0.314 e. The number of nitrogens with two attached hydrogens (primary N) is 2. The first-order valence-corrected chi connectivity index (χ1v) is 12.8. The molecule has 10 nitrogen and oxygen atoms in total. The van der Waals surface area contributed by atoms with Gasteiger partial charge in [0.25, 0.3) is 0 Å². The Kier molecular flexibility index (Phi) is 9.08. The highest BCUT2D eigenvalue weighted by Crippen LogP contribution is 2.27. The molecule has 0 aliphatic heterocycles. The third-order valence-corrected chi connectivity index (χ3v) is 6.27. The van der Waals surface area contributed by atoms with Gasteiger partial charge in [-0.05, 0) is 48.5 Å². The number of carbonyl (C=O) groups is 2. The molecule has 41 heavy (non-hydrogen) atoms. The fourth-order valence-corrected chi connectivity index (χ4v) is 4.17. The normalized spacial score (nSPS) is 10.4. The molecule has 2 aromatic carbocycles. The Bertz CT molecular complexity index is 1680. The van der Waals surface area contributed by atoms with Crippen LogP contribution in [0.15, 0.2) is 97.6 Å². The van der Waals surface area contributed by atoms with E-state index in [1.807, 2.05) is 94.0 Å². The van der Waals surface area contributed by atoms with Gasteiger partial charge in [-0.15, -0.1) is 0 Å². The van der Waals surface area contributed by atoms with Crippen molar-refractivity contribution in [1.82, 2.24) is 18.8 Å². The first kappa shape index (κ1) is 28.9. The van der Waals surface area contributed by atoms with Gasteiger partial charge in [0.05, 0.1) is 22.4 Å². The lowest BCUT2D eigenvalue weighted by Gasteiger charge is -2.04. The number of aliphatic carboxylic acids is 2. The largest absolute Gasteiger partial charge is 0.481 e. The summed E-state index contributed by atoms with van der Waals surface area (Å²) in [5.74, 6) is -1.21. The van der Waals surface area contributed by atoms with Gasteiger partial charge in [0.1, 0.15) is 18.1 Å². The van der Waals surface area contributed by atoms with Crippen molar-refractivity contribution >= 4 is 57.8 Å². The third kappa shape index (κ3) is 7.13. The van der Waals surface area contributed by atoms with Crippen LogP contribution in [0.25, 0.3) is 33.5 Å². The number of anilines is 2. The molecule has 0 fully saturated rings. The molecule has 0 bridgehead atoms. The Hall–Kier alpha value is -5.06. The molecule has 12 heteroatoms. The smallest absolute Gasteiger partial charge is 0.314 e. The van der Waals surface area contributed by atoms with Crippen molar-refractivity contribution in [2.75, 3.05) is 11.5 Å². The summed E-state index contributed by atoms with van der Waals surface area (Å²) in [4.78, 5) is 27.7. The standard InChI is InChI=1S/2C13H10ClN3.C3H4O4/c2*14-10-3-1-9(2-4-10)13-11-5-6-12(15)17(11)8-7-16-13;4-2(5)1-3(6)7/h2*1-8H,15H2;1H2,(H,4,5)(H,6,7). The summed E-state index contributed by atoms with van der Waals surface area (Å²) in [6.45, 7) is 0. The second kappa shape index (κ2) is 12.9. The van der Waals surface area contributed by atoms with Crippen molar-refractivity contribution < 1.29 is 19.8 Å². The molecule has 0 aliphatic carbocycles. The molecule has 0 atom stereocenters. The van der Waals surface area contributed by atoms with E-state index in [0.717, 1.165) is 43.6 Å². The fraction of sp³-hybridized carbons (Fsp3) is 0.0345. The van der Waals surface area contributed by atoms with E-state index in [4.69, 9.17) is 44.9 Å². The second-order valence-corrected chi connectivity index (χ2v) is 9.43. The molecule has 208 valence electrons. The molecule has 4 aromatic heterocycles. The summed E-state index contributed by atoms with van der Waals surface area (Å²) >= 11 is 11.8. The van der Waals surface area contributed by atoms with Crippen LogP contribution < -0.4 is 11.5 Å². The molecule has 6 aromatic rings. The summed E-state index contributed by atoms with van der Waals surface area (Å²) in [5.41, 5.74) is 17.6. The van der Waals surface area contributed by atoms with E-state index in [-0.39, 0.29) is 0 Å². The molecule has 0 unspecified atom stereocenters. The number of carboxylic acids is 2. The number of fused-ring (bicyclic) bond motifs is 2. The number of benzene rings is 2. The second-order valence-electron chi connectivity index (χ2n) is 8.56. The van der Waals surface area contributed by atoms with Crippen LogP contribution >= 0.6 is 23.2 Å². The lowest BCUT2D eigenvalue weighted by Crippen LogP contribution is -2.03. The minimum atomic E-state index is -1.31. The predicted octanol–water partition coefficient (Wildman–Crippen LogP) is 6.02. The zero-order valence-corrected chi connectivity index (χ0v) is 22.9. The Morgan fingerprint density at radius 2 is 1.00 bits per heavy atom. The number of nitrogen functional groups attached to an aromatic ring is 2. The molecule has 0 spiro atoms. The third-order valence-electron chi connectivity index (χ3n) is 5.76. The van der Waals surface area contributed by atoms with Crippen LogP contribution in [-0.4, -0.2) is 40.9 Å². The van der Waals surface area contributed by atoms with E-state index in [1.165, 1.54) is 0 Å². The van der Waals surface area contributed by atoms with Crippen LogP contribution in [0, 0.1) is 0 Å². The van der Waals surface area contributed by atoms with E-state index < -0.39 is 18.4 Å². The van der Waals surface area contributed by atoms with Crippen molar-refractivity contribution in [3.63, 3.8) is 0 Å². The number of nitrogens with zero attached hydrogens (tertiary/aromatic N) is 4. The zero-order chi connectivity index (χ0) is 29.5. The summed E-state index contributed by atoms with van der Waals surface area (Å²) in [6, 6.07) is 22.9. The molecular weight excluding hydrogens is 567 g/mol. The van der Waals surface area contributed by atoms with E-state index in [1.54, 1.807) is 12.4 Å². The van der Waals surface area contributed by atoms with Crippen LogP contribution in [0.4, 0.5) is 11.6 Å². The monoisotopic (exact) mass is 590 g/mol. The van der Waals surface area contributed by atoms with Crippen molar-refractivity contribution in [1.29, 1.82) is 0 Å². The van der Waals surface area contributed by atoms with Crippen LogP contribution in [0.5, 0.6) is 0 Å².